The van der Waals surface area contributed by atoms with E-state index in [1.807, 2.05) is 36.4 Å². The Balaban J connectivity index is 2.26. The summed E-state index contributed by atoms with van der Waals surface area (Å²) in [5.74, 6) is -0.178. The van der Waals surface area contributed by atoms with E-state index in [0.717, 1.165) is 0 Å². The molecule has 0 aliphatic carbocycles. The Morgan fingerprint density at radius 1 is 0.913 bits per heavy atom. The first-order valence-corrected chi connectivity index (χ1v) is 7.50. The van der Waals surface area contributed by atoms with Gasteiger partial charge in [-0.1, -0.05) is 60.7 Å². The zero-order chi connectivity index (χ0) is 16.9. The molecular formula is C19H21NO3. The molecule has 0 spiro atoms. The van der Waals surface area contributed by atoms with Crippen molar-refractivity contribution in [2.24, 2.45) is 0 Å². The number of hydrogen-bond acceptors (Lipinski definition) is 3. The molecule has 4 heteroatoms. The van der Waals surface area contributed by atoms with E-state index >= 15 is 0 Å². The maximum absolute atomic E-state index is 12.8. The lowest BCUT2D eigenvalue weighted by Gasteiger charge is -2.23. The lowest BCUT2D eigenvalue weighted by molar-refractivity contribution is 0.0491. The topological polar surface area (TPSA) is 55.4 Å². The Kier molecular flexibility index (Phi) is 5.16. The van der Waals surface area contributed by atoms with Crippen LogP contribution in [-0.4, -0.2) is 17.5 Å². The first-order chi connectivity index (χ1) is 10.9. The third-order valence-electron chi connectivity index (χ3n) is 3.11. The van der Waals surface area contributed by atoms with Gasteiger partial charge in [-0.05, 0) is 26.3 Å². The van der Waals surface area contributed by atoms with Crippen LogP contribution in [0.15, 0.2) is 60.7 Å². The van der Waals surface area contributed by atoms with Crippen molar-refractivity contribution in [1.29, 1.82) is 0 Å². The third-order valence-corrected chi connectivity index (χ3v) is 3.11. The number of carbonyl (C=O) groups excluding carboxylic acids is 2. The second-order valence-corrected chi connectivity index (χ2v) is 6.22. The van der Waals surface area contributed by atoms with Gasteiger partial charge >= 0.3 is 6.09 Å². The van der Waals surface area contributed by atoms with Crippen LogP contribution in [0.5, 0.6) is 0 Å². The highest BCUT2D eigenvalue weighted by Crippen LogP contribution is 2.19. The van der Waals surface area contributed by atoms with Crippen LogP contribution in [0.25, 0.3) is 0 Å². The predicted octanol–water partition coefficient (Wildman–Crippen LogP) is 4.14. The number of nitrogens with one attached hydrogen (secondary N) is 1. The molecule has 1 N–H and O–H groups in total. The lowest BCUT2D eigenvalue weighted by atomic mass is 9.97. The van der Waals surface area contributed by atoms with Crippen molar-refractivity contribution in [3.8, 4) is 0 Å². The Hall–Kier alpha value is -2.62. The Labute approximate surface area is 136 Å². The van der Waals surface area contributed by atoms with Crippen molar-refractivity contribution in [3.63, 3.8) is 0 Å². The van der Waals surface area contributed by atoms with Gasteiger partial charge in [0.2, 0.25) is 0 Å². The quantitative estimate of drug-likeness (QED) is 0.864. The molecule has 1 atom stereocenters. The van der Waals surface area contributed by atoms with Crippen LogP contribution in [-0.2, 0) is 4.74 Å². The molecule has 0 unspecified atom stereocenters. The molecule has 1 amide bonds. The summed E-state index contributed by atoms with van der Waals surface area (Å²) in [7, 11) is 0. The van der Waals surface area contributed by atoms with E-state index in [1.54, 1.807) is 45.0 Å². The van der Waals surface area contributed by atoms with Crippen LogP contribution in [0.3, 0.4) is 0 Å². The maximum Gasteiger partial charge on any atom is 0.408 e. The van der Waals surface area contributed by atoms with Crippen molar-refractivity contribution >= 4 is 11.9 Å². The number of ether oxygens (including phenoxy) is 1. The molecule has 0 saturated heterocycles. The van der Waals surface area contributed by atoms with Gasteiger partial charge in [0, 0.05) is 5.56 Å². The van der Waals surface area contributed by atoms with Crippen LogP contribution < -0.4 is 5.32 Å². The van der Waals surface area contributed by atoms with E-state index in [0.29, 0.717) is 11.1 Å². The van der Waals surface area contributed by atoms with Gasteiger partial charge in [0.25, 0.3) is 0 Å². The number of carbonyl (C=O) groups is 2. The zero-order valence-electron chi connectivity index (χ0n) is 13.6. The molecule has 0 aliphatic heterocycles. The fourth-order valence-corrected chi connectivity index (χ4v) is 2.14. The Morgan fingerprint density at radius 3 is 1.96 bits per heavy atom. The first kappa shape index (κ1) is 16.7. The fourth-order valence-electron chi connectivity index (χ4n) is 2.14. The van der Waals surface area contributed by atoms with Crippen molar-refractivity contribution in [1.82, 2.24) is 5.32 Å². The molecule has 120 valence electrons. The van der Waals surface area contributed by atoms with Crippen LogP contribution in [0.2, 0.25) is 0 Å². The standard InChI is InChI=1S/C19H21NO3/c1-19(2,3)23-18(22)20-16(14-10-6-4-7-11-14)17(21)15-12-8-5-9-13-15/h4-13,16H,1-3H3,(H,20,22)/t16-/m1/s1. The van der Waals surface area contributed by atoms with Crippen LogP contribution >= 0.6 is 0 Å². The van der Waals surface area contributed by atoms with E-state index in [4.69, 9.17) is 4.74 Å². The molecule has 0 bridgehead atoms. The third kappa shape index (κ3) is 4.95. The number of rotatable bonds is 4. The summed E-state index contributed by atoms with van der Waals surface area (Å²) in [4.78, 5) is 24.9. The second-order valence-electron chi connectivity index (χ2n) is 6.22. The molecule has 0 radical (unpaired) electrons. The van der Waals surface area contributed by atoms with Crippen LogP contribution in [0, 0.1) is 0 Å². The second kappa shape index (κ2) is 7.09. The number of amides is 1. The predicted molar refractivity (Wildman–Crippen MR) is 89.3 cm³/mol. The zero-order valence-corrected chi connectivity index (χ0v) is 13.6. The van der Waals surface area contributed by atoms with Crippen LogP contribution in [0.4, 0.5) is 4.79 Å². The van der Waals surface area contributed by atoms with Gasteiger partial charge in [-0.25, -0.2) is 4.79 Å². The van der Waals surface area contributed by atoms with Crippen molar-refractivity contribution < 1.29 is 14.3 Å². The molecule has 23 heavy (non-hydrogen) atoms. The number of benzene rings is 2. The average Bonchev–Trinajstić information content (AvgIpc) is 2.52. The number of alkyl carbamates (subject to hydrolysis) is 1. The smallest absolute Gasteiger partial charge is 0.408 e. The molecule has 4 nitrogen and oxygen atoms in total. The molecular weight excluding hydrogens is 290 g/mol. The van der Waals surface area contributed by atoms with E-state index in [2.05, 4.69) is 5.32 Å². The molecule has 0 fully saturated rings. The van der Waals surface area contributed by atoms with Crippen LogP contribution in [0.1, 0.15) is 42.7 Å². The molecule has 0 saturated carbocycles. The minimum Gasteiger partial charge on any atom is -0.444 e. The number of hydrogen-bond donors (Lipinski definition) is 1. The fraction of sp³-hybridized carbons (Fsp3) is 0.263. The molecule has 2 aromatic carbocycles. The summed E-state index contributed by atoms with van der Waals surface area (Å²) < 4.78 is 5.27. The summed E-state index contributed by atoms with van der Waals surface area (Å²) in [5, 5.41) is 2.68. The summed E-state index contributed by atoms with van der Waals surface area (Å²) in [6, 6.07) is 17.3. The first-order valence-electron chi connectivity index (χ1n) is 7.50. The van der Waals surface area contributed by atoms with Gasteiger partial charge in [0.1, 0.15) is 11.6 Å². The van der Waals surface area contributed by atoms with Crippen molar-refractivity contribution in [2.75, 3.05) is 0 Å². The largest absolute Gasteiger partial charge is 0.444 e. The summed E-state index contributed by atoms with van der Waals surface area (Å²) in [5.41, 5.74) is 0.630. The molecule has 0 aliphatic rings. The minimum absolute atomic E-state index is 0.178. The average molecular weight is 311 g/mol. The van der Waals surface area contributed by atoms with Gasteiger partial charge in [0.15, 0.2) is 5.78 Å². The number of ketones is 1. The van der Waals surface area contributed by atoms with Gasteiger partial charge in [0.05, 0.1) is 0 Å². The molecule has 0 heterocycles. The molecule has 2 rings (SSSR count). The SMILES string of the molecule is CC(C)(C)OC(=O)N[C@@H](C(=O)c1ccccc1)c1ccccc1. The highest BCUT2D eigenvalue weighted by atomic mass is 16.6. The summed E-state index contributed by atoms with van der Waals surface area (Å²) in [6.07, 6.45) is -0.615. The van der Waals surface area contributed by atoms with Gasteiger partial charge in [-0.3, -0.25) is 4.79 Å². The van der Waals surface area contributed by atoms with Gasteiger partial charge in [-0.15, -0.1) is 0 Å². The van der Waals surface area contributed by atoms with Crippen molar-refractivity contribution in [2.45, 2.75) is 32.4 Å². The summed E-state index contributed by atoms with van der Waals surface area (Å²) >= 11 is 0. The van der Waals surface area contributed by atoms with Gasteiger partial charge in [-0.2, -0.15) is 0 Å². The van der Waals surface area contributed by atoms with Crippen molar-refractivity contribution in [3.05, 3.63) is 71.8 Å². The molecule has 0 aromatic heterocycles. The lowest BCUT2D eigenvalue weighted by Crippen LogP contribution is -2.38. The van der Waals surface area contributed by atoms with E-state index < -0.39 is 17.7 Å². The maximum atomic E-state index is 12.8. The van der Waals surface area contributed by atoms with E-state index in [1.165, 1.54) is 0 Å². The van der Waals surface area contributed by atoms with Gasteiger partial charge < -0.3 is 10.1 Å². The Morgan fingerprint density at radius 2 is 1.43 bits per heavy atom. The highest BCUT2D eigenvalue weighted by molar-refractivity contribution is 6.02. The normalized spacial score (nSPS) is 12.3. The highest BCUT2D eigenvalue weighted by Gasteiger charge is 2.26. The summed E-state index contributed by atoms with van der Waals surface area (Å²) in [6.45, 7) is 5.34. The van der Waals surface area contributed by atoms with E-state index in [-0.39, 0.29) is 5.78 Å². The Bertz CT molecular complexity index is 660. The monoisotopic (exact) mass is 311 g/mol. The molecule has 2 aromatic rings. The minimum atomic E-state index is -0.784. The number of Topliss-reactive ketones (excluding diaryl/α,β-unsaturated/α-hetero) is 1. The van der Waals surface area contributed by atoms with E-state index in [9.17, 15) is 9.59 Å².